The van der Waals surface area contributed by atoms with E-state index in [2.05, 4.69) is 20.6 Å². The summed E-state index contributed by atoms with van der Waals surface area (Å²) < 4.78 is 55.4. The molecule has 1 aromatic heterocycles. The summed E-state index contributed by atoms with van der Waals surface area (Å²) in [6, 6.07) is 8.16. The van der Waals surface area contributed by atoms with Crippen molar-refractivity contribution in [2.45, 2.75) is 12.7 Å². The van der Waals surface area contributed by atoms with Gasteiger partial charge in [0, 0.05) is 25.9 Å². The fourth-order valence-electron chi connectivity index (χ4n) is 1.97. The number of nitrogens with zero attached hydrogens (tertiary/aromatic N) is 2. The summed E-state index contributed by atoms with van der Waals surface area (Å²) in [5.74, 6) is 0.317. The molecule has 0 aliphatic heterocycles. The number of alkyl halides is 3. The van der Waals surface area contributed by atoms with Crippen molar-refractivity contribution >= 4 is 5.96 Å². The second kappa shape index (κ2) is 9.02. The Morgan fingerprint density at radius 2 is 1.85 bits per heavy atom. The molecule has 0 bridgehead atoms. The normalized spacial score (nSPS) is 12.0. The fourth-order valence-corrected chi connectivity index (χ4v) is 1.97. The van der Waals surface area contributed by atoms with E-state index in [9.17, 15) is 17.6 Å². The monoisotopic (exact) mass is 370 g/mol. The molecule has 0 atom stereocenters. The lowest BCUT2D eigenvalue weighted by Crippen LogP contribution is -2.38. The Morgan fingerprint density at radius 3 is 2.42 bits per heavy atom. The third-order valence-electron chi connectivity index (χ3n) is 3.30. The van der Waals surface area contributed by atoms with Gasteiger partial charge in [0.2, 0.25) is 5.88 Å². The number of nitrogens with one attached hydrogen (secondary N) is 2. The fraction of sp³-hybridized carbons (Fsp3) is 0.294. The van der Waals surface area contributed by atoms with Crippen molar-refractivity contribution in [3.05, 3.63) is 59.5 Å². The molecule has 0 aliphatic rings. The maximum atomic E-state index is 12.8. The Hall–Kier alpha value is -2.84. The maximum Gasteiger partial charge on any atom is 0.417 e. The van der Waals surface area contributed by atoms with Gasteiger partial charge in [-0.3, -0.25) is 4.99 Å². The van der Waals surface area contributed by atoms with Gasteiger partial charge in [-0.25, -0.2) is 9.37 Å². The summed E-state index contributed by atoms with van der Waals surface area (Å²) in [5.41, 5.74) is 0.0629. The second-order valence-corrected chi connectivity index (χ2v) is 5.21. The van der Waals surface area contributed by atoms with Crippen LogP contribution in [0.5, 0.6) is 5.88 Å². The Balaban J connectivity index is 1.71. The van der Waals surface area contributed by atoms with E-state index in [0.717, 1.165) is 17.8 Å². The summed E-state index contributed by atoms with van der Waals surface area (Å²) in [5, 5.41) is 6.04. The predicted octanol–water partition coefficient (Wildman–Crippen LogP) is 2.98. The van der Waals surface area contributed by atoms with Crippen molar-refractivity contribution in [1.29, 1.82) is 0 Å². The van der Waals surface area contributed by atoms with E-state index in [1.54, 1.807) is 19.2 Å². The van der Waals surface area contributed by atoms with Crippen LogP contribution >= 0.6 is 0 Å². The Labute approximate surface area is 148 Å². The van der Waals surface area contributed by atoms with Gasteiger partial charge in [-0.05, 0) is 23.8 Å². The average Bonchev–Trinajstić information content (AvgIpc) is 2.62. The molecule has 26 heavy (non-hydrogen) atoms. The minimum absolute atomic E-state index is 0.106. The van der Waals surface area contributed by atoms with Crippen molar-refractivity contribution in [3.63, 3.8) is 0 Å². The van der Waals surface area contributed by atoms with Gasteiger partial charge in [0.25, 0.3) is 0 Å². The van der Waals surface area contributed by atoms with Crippen LogP contribution < -0.4 is 15.4 Å². The van der Waals surface area contributed by atoms with Crippen LogP contribution in [0.25, 0.3) is 0 Å². The molecule has 1 heterocycles. The zero-order valence-electron chi connectivity index (χ0n) is 14.0. The van der Waals surface area contributed by atoms with Gasteiger partial charge in [0.05, 0.1) is 12.1 Å². The summed E-state index contributed by atoms with van der Waals surface area (Å²) >= 11 is 0. The number of hydrogen-bond donors (Lipinski definition) is 2. The van der Waals surface area contributed by atoms with Gasteiger partial charge in [-0.1, -0.05) is 12.1 Å². The van der Waals surface area contributed by atoms with E-state index >= 15 is 0 Å². The molecule has 0 saturated heterocycles. The molecule has 2 aromatic rings. The van der Waals surface area contributed by atoms with E-state index in [4.69, 9.17) is 4.74 Å². The molecule has 0 aliphatic carbocycles. The first-order chi connectivity index (χ1) is 12.4. The third-order valence-corrected chi connectivity index (χ3v) is 3.30. The standard InChI is InChI=1S/C17H18F4N4O/c1-22-16(25-10-12-2-5-14(18)6-3-12)23-8-9-26-15-7-4-13(11-24-15)17(19,20)21/h2-7,11H,8-10H2,1H3,(H2,22,23,25). The Kier molecular flexibility index (Phi) is 6.76. The van der Waals surface area contributed by atoms with Gasteiger partial charge in [-0.2, -0.15) is 13.2 Å². The highest BCUT2D eigenvalue weighted by Crippen LogP contribution is 2.29. The molecule has 0 unspecified atom stereocenters. The van der Waals surface area contributed by atoms with Gasteiger partial charge >= 0.3 is 6.18 Å². The van der Waals surface area contributed by atoms with E-state index in [0.29, 0.717) is 19.0 Å². The molecule has 0 amide bonds. The molecule has 0 spiro atoms. The second-order valence-electron chi connectivity index (χ2n) is 5.21. The van der Waals surface area contributed by atoms with E-state index in [1.807, 2.05) is 0 Å². The predicted molar refractivity (Wildman–Crippen MR) is 89.3 cm³/mol. The highest BCUT2D eigenvalue weighted by Gasteiger charge is 2.30. The molecular formula is C17H18F4N4O. The van der Waals surface area contributed by atoms with Crippen molar-refractivity contribution in [2.24, 2.45) is 4.99 Å². The van der Waals surface area contributed by atoms with Crippen LogP contribution in [-0.4, -0.2) is 31.1 Å². The highest BCUT2D eigenvalue weighted by atomic mass is 19.4. The average molecular weight is 370 g/mol. The van der Waals surface area contributed by atoms with Crippen LogP contribution in [0, 0.1) is 5.82 Å². The molecular weight excluding hydrogens is 352 g/mol. The summed E-state index contributed by atoms with van der Waals surface area (Å²) in [6.45, 7) is 1.02. The van der Waals surface area contributed by atoms with Crippen molar-refractivity contribution < 1.29 is 22.3 Å². The van der Waals surface area contributed by atoms with Crippen LogP contribution in [0.4, 0.5) is 17.6 Å². The quantitative estimate of drug-likeness (QED) is 0.355. The summed E-state index contributed by atoms with van der Waals surface area (Å²) in [4.78, 5) is 7.65. The van der Waals surface area contributed by atoms with E-state index < -0.39 is 11.7 Å². The lowest BCUT2D eigenvalue weighted by molar-refractivity contribution is -0.137. The van der Waals surface area contributed by atoms with Crippen LogP contribution in [0.1, 0.15) is 11.1 Å². The molecule has 2 N–H and O–H groups in total. The zero-order chi connectivity index (χ0) is 19.0. The largest absolute Gasteiger partial charge is 0.476 e. The number of rotatable bonds is 6. The van der Waals surface area contributed by atoms with Crippen LogP contribution in [0.2, 0.25) is 0 Å². The Morgan fingerprint density at radius 1 is 1.12 bits per heavy atom. The number of benzene rings is 1. The minimum atomic E-state index is -4.42. The van der Waals surface area contributed by atoms with E-state index in [1.165, 1.54) is 18.2 Å². The topological polar surface area (TPSA) is 58.5 Å². The number of hydrogen-bond acceptors (Lipinski definition) is 3. The zero-order valence-corrected chi connectivity index (χ0v) is 14.0. The van der Waals surface area contributed by atoms with Gasteiger partial charge in [0.15, 0.2) is 5.96 Å². The SMILES string of the molecule is CN=C(NCCOc1ccc(C(F)(F)F)cn1)NCc1ccc(F)cc1. The highest BCUT2D eigenvalue weighted by molar-refractivity contribution is 5.79. The van der Waals surface area contributed by atoms with Gasteiger partial charge in [-0.15, -0.1) is 0 Å². The number of ether oxygens (including phenoxy) is 1. The number of pyridine rings is 1. The Bertz CT molecular complexity index is 715. The van der Waals surface area contributed by atoms with Crippen molar-refractivity contribution in [3.8, 4) is 5.88 Å². The molecule has 2 rings (SSSR count). The molecule has 5 nitrogen and oxygen atoms in total. The number of aliphatic imine (C=N–C) groups is 1. The smallest absolute Gasteiger partial charge is 0.417 e. The summed E-state index contributed by atoms with van der Waals surface area (Å²) in [7, 11) is 1.60. The summed E-state index contributed by atoms with van der Waals surface area (Å²) in [6.07, 6.45) is -3.69. The molecule has 140 valence electrons. The van der Waals surface area contributed by atoms with E-state index in [-0.39, 0.29) is 18.3 Å². The molecule has 1 aromatic carbocycles. The minimum Gasteiger partial charge on any atom is -0.476 e. The number of halogens is 4. The molecule has 0 radical (unpaired) electrons. The van der Waals surface area contributed by atoms with Crippen molar-refractivity contribution in [2.75, 3.05) is 20.2 Å². The lowest BCUT2D eigenvalue weighted by Gasteiger charge is -2.12. The maximum absolute atomic E-state index is 12.8. The van der Waals surface area contributed by atoms with Crippen LogP contribution in [-0.2, 0) is 12.7 Å². The lowest BCUT2D eigenvalue weighted by atomic mass is 10.2. The first-order valence-electron chi connectivity index (χ1n) is 7.73. The van der Waals surface area contributed by atoms with Gasteiger partial charge < -0.3 is 15.4 Å². The number of aromatic nitrogens is 1. The van der Waals surface area contributed by atoms with Crippen LogP contribution in [0.3, 0.4) is 0 Å². The number of guanidine groups is 1. The molecule has 0 fully saturated rings. The van der Waals surface area contributed by atoms with Crippen LogP contribution in [0.15, 0.2) is 47.6 Å². The first-order valence-corrected chi connectivity index (χ1v) is 7.73. The first kappa shape index (κ1) is 19.5. The molecule has 0 saturated carbocycles. The molecule has 9 heteroatoms. The van der Waals surface area contributed by atoms with Gasteiger partial charge in [0.1, 0.15) is 12.4 Å². The third kappa shape index (κ3) is 6.23. The van der Waals surface area contributed by atoms with Crippen molar-refractivity contribution in [1.82, 2.24) is 15.6 Å².